The van der Waals surface area contributed by atoms with Gasteiger partial charge < -0.3 is 10.3 Å². The minimum absolute atomic E-state index is 0.0460. The van der Waals surface area contributed by atoms with E-state index in [0.29, 0.717) is 23.1 Å². The summed E-state index contributed by atoms with van der Waals surface area (Å²) in [4.78, 5) is 24.9. The van der Waals surface area contributed by atoms with Crippen LogP contribution in [0.5, 0.6) is 0 Å². The first-order chi connectivity index (χ1) is 15.1. The molecule has 2 aromatic heterocycles. The van der Waals surface area contributed by atoms with Crippen LogP contribution in [0.1, 0.15) is 54.9 Å². The largest absolute Gasteiger partial charge is 0.370 e. The van der Waals surface area contributed by atoms with E-state index in [0.717, 1.165) is 11.3 Å². The predicted molar refractivity (Wildman–Crippen MR) is 126 cm³/mol. The van der Waals surface area contributed by atoms with Crippen LogP contribution in [0.3, 0.4) is 0 Å². The topological polar surface area (TPSA) is 90.9 Å². The van der Waals surface area contributed by atoms with Gasteiger partial charge in [0.15, 0.2) is 16.8 Å². The molecule has 0 saturated heterocycles. The van der Waals surface area contributed by atoms with E-state index in [1.54, 1.807) is 11.3 Å². The van der Waals surface area contributed by atoms with Crippen molar-refractivity contribution in [3.63, 3.8) is 0 Å². The smallest absolute Gasteiger partial charge is 0.219 e. The molecule has 2 N–H and O–H groups in total. The third-order valence-electron chi connectivity index (χ3n) is 4.97. The summed E-state index contributed by atoms with van der Waals surface area (Å²) in [5.41, 5.74) is 7.30. The van der Waals surface area contributed by atoms with Crippen molar-refractivity contribution in [3.05, 3.63) is 52.9 Å². The maximum Gasteiger partial charge on any atom is 0.219 e. The van der Waals surface area contributed by atoms with E-state index >= 15 is 0 Å². The van der Waals surface area contributed by atoms with Gasteiger partial charge in [-0.05, 0) is 29.9 Å². The van der Waals surface area contributed by atoms with Gasteiger partial charge in [0.1, 0.15) is 0 Å². The number of ketones is 1. The van der Waals surface area contributed by atoms with Gasteiger partial charge in [-0.1, -0.05) is 68.3 Å². The number of primary amides is 1. The number of aryl methyl sites for hydroxylation is 1. The average molecular weight is 457 g/mol. The van der Waals surface area contributed by atoms with Crippen molar-refractivity contribution >= 4 is 34.8 Å². The summed E-state index contributed by atoms with van der Waals surface area (Å²) in [5.74, 6) is 0.616. The molecular formula is C23H28N4O2S2. The molecule has 8 heteroatoms. The lowest BCUT2D eigenvalue weighted by Crippen LogP contribution is -2.15. The Kier molecular flexibility index (Phi) is 8.85. The average Bonchev–Trinajstić information content (AvgIpc) is 3.43. The summed E-state index contributed by atoms with van der Waals surface area (Å²) < 4.78 is 1.87. The highest BCUT2D eigenvalue weighted by atomic mass is 32.2. The molecule has 2 heterocycles. The van der Waals surface area contributed by atoms with Crippen molar-refractivity contribution in [2.75, 3.05) is 5.75 Å². The van der Waals surface area contributed by atoms with Gasteiger partial charge in [0.25, 0.3) is 0 Å². The van der Waals surface area contributed by atoms with E-state index in [1.165, 1.54) is 43.0 Å². The van der Waals surface area contributed by atoms with Crippen LogP contribution in [0.2, 0.25) is 0 Å². The molecule has 31 heavy (non-hydrogen) atoms. The van der Waals surface area contributed by atoms with Gasteiger partial charge in [-0.3, -0.25) is 9.59 Å². The van der Waals surface area contributed by atoms with Gasteiger partial charge >= 0.3 is 0 Å². The van der Waals surface area contributed by atoms with Crippen LogP contribution in [0.25, 0.3) is 10.7 Å². The predicted octanol–water partition coefficient (Wildman–Crippen LogP) is 4.98. The number of carbonyl (C=O) groups is 2. The van der Waals surface area contributed by atoms with Crippen LogP contribution in [0.15, 0.2) is 46.9 Å². The molecule has 0 bridgehead atoms. The standard InChI is InChI=1S/C23H28N4O2S2/c1-2-3-4-5-7-17-9-11-18(12-10-17)19(28)16-31-23-26-25-22(20-8-6-15-30-20)27(23)14-13-21(24)29/h6,8-12,15H,2-5,7,13-14,16H2,1H3,(H2,24,29). The van der Waals surface area contributed by atoms with Gasteiger partial charge in [-0.15, -0.1) is 21.5 Å². The summed E-state index contributed by atoms with van der Waals surface area (Å²) in [5, 5.41) is 11.1. The summed E-state index contributed by atoms with van der Waals surface area (Å²) in [6.07, 6.45) is 6.18. The molecule has 164 valence electrons. The lowest BCUT2D eigenvalue weighted by Gasteiger charge is -2.08. The van der Waals surface area contributed by atoms with Crippen molar-refractivity contribution in [2.24, 2.45) is 5.73 Å². The van der Waals surface area contributed by atoms with E-state index in [-0.39, 0.29) is 23.9 Å². The Hall–Kier alpha value is -2.45. The van der Waals surface area contributed by atoms with Gasteiger partial charge in [0.05, 0.1) is 10.6 Å². The summed E-state index contributed by atoms with van der Waals surface area (Å²) >= 11 is 2.89. The number of unbranched alkanes of at least 4 members (excludes halogenated alkanes) is 3. The molecule has 3 rings (SSSR count). The first kappa shape index (κ1) is 23.2. The number of benzene rings is 1. The lowest BCUT2D eigenvalue weighted by atomic mass is 10.0. The van der Waals surface area contributed by atoms with Crippen molar-refractivity contribution in [2.45, 2.75) is 57.1 Å². The van der Waals surface area contributed by atoms with Crippen LogP contribution in [0, 0.1) is 0 Å². The number of thiophene rings is 1. The first-order valence-corrected chi connectivity index (χ1v) is 12.4. The number of nitrogens with zero attached hydrogens (tertiary/aromatic N) is 3. The summed E-state index contributed by atoms with van der Waals surface area (Å²) in [6, 6.07) is 11.8. The fourth-order valence-electron chi connectivity index (χ4n) is 3.23. The Bertz CT molecular complexity index is 982. The fourth-order valence-corrected chi connectivity index (χ4v) is 4.81. The first-order valence-electron chi connectivity index (χ1n) is 10.6. The number of carbonyl (C=O) groups excluding carboxylic acids is 2. The molecule has 0 unspecified atom stereocenters. The van der Waals surface area contributed by atoms with Gasteiger partial charge in [-0.2, -0.15) is 0 Å². The Labute approximate surface area is 191 Å². The second-order valence-corrected chi connectivity index (χ2v) is 9.26. The molecular weight excluding hydrogens is 428 g/mol. The van der Waals surface area contributed by atoms with Crippen molar-refractivity contribution < 1.29 is 9.59 Å². The van der Waals surface area contributed by atoms with E-state index < -0.39 is 0 Å². The van der Waals surface area contributed by atoms with E-state index in [2.05, 4.69) is 17.1 Å². The number of hydrogen-bond donors (Lipinski definition) is 1. The Morgan fingerprint density at radius 3 is 2.58 bits per heavy atom. The van der Waals surface area contributed by atoms with E-state index in [9.17, 15) is 9.59 Å². The number of thioether (sulfide) groups is 1. The molecule has 0 aliphatic carbocycles. The highest BCUT2D eigenvalue weighted by Crippen LogP contribution is 2.28. The minimum Gasteiger partial charge on any atom is -0.370 e. The minimum atomic E-state index is -0.382. The molecule has 6 nitrogen and oxygen atoms in total. The third-order valence-corrected chi connectivity index (χ3v) is 6.80. The van der Waals surface area contributed by atoms with Crippen molar-refractivity contribution in [1.82, 2.24) is 14.8 Å². The molecule has 0 spiro atoms. The number of aromatic nitrogens is 3. The normalized spacial score (nSPS) is 11.0. The van der Waals surface area contributed by atoms with Crippen LogP contribution in [-0.2, 0) is 17.8 Å². The Morgan fingerprint density at radius 2 is 1.90 bits per heavy atom. The van der Waals surface area contributed by atoms with Crippen LogP contribution >= 0.6 is 23.1 Å². The van der Waals surface area contributed by atoms with Crippen molar-refractivity contribution in [3.8, 4) is 10.7 Å². The zero-order valence-electron chi connectivity index (χ0n) is 17.8. The van der Waals surface area contributed by atoms with Crippen LogP contribution in [0.4, 0.5) is 0 Å². The highest BCUT2D eigenvalue weighted by Gasteiger charge is 2.17. The summed E-state index contributed by atoms with van der Waals surface area (Å²) in [7, 11) is 0. The number of nitrogens with two attached hydrogens (primary N) is 1. The molecule has 1 aromatic carbocycles. The number of rotatable bonds is 13. The molecule has 0 aliphatic rings. The number of hydrogen-bond acceptors (Lipinski definition) is 6. The fraction of sp³-hybridized carbons (Fsp3) is 0.391. The van der Waals surface area contributed by atoms with Crippen LogP contribution in [-0.4, -0.2) is 32.2 Å². The Morgan fingerprint density at radius 1 is 1.10 bits per heavy atom. The lowest BCUT2D eigenvalue weighted by molar-refractivity contribution is -0.118. The van der Waals surface area contributed by atoms with E-state index in [1.807, 2.05) is 46.3 Å². The molecule has 0 radical (unpaired) electrons. The quantitative estimate of drug-likeness (QED) is 0.222. The monoisotopic (exact) mass is 456 g/mol. The summed E-state index contributed by atoms with van der Waals surface area (Å²) in [6.45, 7) is 2.60. The number of amides is 1. The van der Waals surface area contributed by atoms with Gasteiger partial charge in [-0.25, -0.2) is 0 Å². The van der Waals surface area contributed by atoms with Crippen molar-refractivity contribution in [1.29, 1.82) is 0 Å². The van der Waals surface area contributed by atoms with Gasteiger partial charge in [0, 0.05) is 18.5 Å². The maximum atomic E-state index is 12.7. The SMILES string of the molecule is CCCCCCc1ccc(C(=O)CSc2nnc(-c3cccs3)n2CCC(N)=O)cc1. The number of Topliss-reactive ketones (excluding diaryl/α,β-unsaturated/α-hetero) is 1. The molecule has 0 atom stereocenters. The highest BCUT2D eigenvalue weighted by molar-refractivity contribution is 7.99. The zero-order chi connectivity index (χ0) is 22.1. The van der Waals surface area contributed by atoms with Crippen LogP contribution < -0.4 is 5.73 Å². The molecule has 0 aliphatic heterocycles. The second-order valence-electron chi connectivity index (χ2n) is 7.37. The maximum absolute atomic E-state index is 12.7. The molecule has 1 amide bonds. The van der Waals surface area contributed by atoms with Gasteiger partial charge in [0.2, 0.25) is 5.91 Å². The molecule has 0 saturated carbocycles. The zero-order valence-corrected chi connectivity index (χ0v) is 19.4. The Balaban J connectivity index is 1.62. The third kappa shape index (κ3) is 6.77. The second kappa shape index (κ2) is 11.8. The molecule has 0 fully saturated rings. The van der Waals surface area contributed by atoms with E-state index in [4.69, 9.17) is 5.73 Å². The molecule has 3 aromatic rings.